The maximum Gasteiger partial charge on any atom is 0.208 e. The lowest BCUT2D eigenvalue weighted by Crippen LogP contribution is -2.58. The van der Waals surface area contributed by atoms with E-state index in [0.717, 1.165) is 26.1 Å². The van der Waals surface area contributed by atoms with Crippen LogP contribution in [-0.2, 0) is 10.0 Å². The molecule has 3 heterocycles. The van der Waals surface area contributed by atoms with E-state index in [1.807, 2.05) is 6.07 Å². The number of nitrogens with zero attached hydrogens (tertiary/aromatic N) is 2. The van der Waals surface area contributed by atoms with E-state index < -0.39 is 10.0 Å². The van der Waals surface area contributed by atoms with Gasteiger partial charge < -0.3 is 4.90 Å². The van der Waals surface area contributed by atoms with Gasteiger partial charge in [-0.05, 0) is 43.4 Å². The van der Waals surface area contributed by atoms with Gasteiger partial charge in [-0.1, -0.05) is 18.2 Å². The van der Waals surface area contributed by atoms with Gasteiger partial charge in [-0.25, -0.2) is 13.1 Å². The van der Waals surface area contributed by atoms with E-state index in [4.69, 9.17) is 0 Å². The van der Waals surface area contributed by atoms with Crippen LogP contribution in [0.4, 0.5) is 5.69 Å². The highest BCUT2D eigenvalue weighted by molar-refractivity contribution is 7.88. The van der Waals surface area contributed by atoms with Gasteiger partial charge in [0.15, 0.2) is 0 Å². The summed E-state index contributed by atoms with van der Waals surface area (Å²) in [5.41, 5.74) is 1.26. The van der Waals surface area contributed by atoms with E-state index in [-0.39, 0.29) is 0 Å². The van der Waals surface area contributed by atoms with Crippen LogP contribution < -0.4 is 9.62 Å². The molecule has 3 saturated heterocycles. The highest BCUT2D eigenvalue weighted by Gasteiger charge is 2.40. The van der Waals surface area contributed by atoms with Crippen LogP contribution in [-0.4, -0.2) is 58.8 Å². The summed E-state index contributed by atoms with van der Waals surface area (Å²) in [5, 5.41) is 0. The molecule has 1 N–H and O–H groups in total. The fraction of sp³-hybridized carbons (Fsp3) is 0.647. The van der Waals surface area contributed by atoms with Crippen LogP contribution in [0.2, 0.25) is 0 Å². The number of hydrogen-bond acceptors (Lipinski definition) is 4. The molecule has 6 heteroatoms. The van der Waals surface area contributed by atoms with Crippen molar-refractivity contribution in [3.8, 4) is 0 Å². The highest BCUT2D eigenvalue weighted by Crippen LogP contribution is 2.36. The Balaban J connectivity index is 1.57. The van der Waals surface area contributed by atoms with Gasteiger partial charge in [0, 0.05) is 38.4 Å². The SMILES string of the molecule is CN(C[C@@H]1CN2CC[C@H]1C[C@@H]2CNS(C)(=O)=O)c1ccccc1. The van der Waals surface area contributed by atoms with Crippen molar-refractivity contribution < 1.29 is 8.42 Å². The van der Waals surface area contributed by atoms with E-state index >= 15 is 0 Å². The number of nitrogens with one attached hydrogen (secondary N) is 1. The lowest BCUT2D eigenvalue weighted by molar-refractivity contribution is 0.00694. The molecular formula is C17H27N3O2S. The van der Waals surface area contributed by atoms with Crippen LogP contribution in [0.5, 0.6) is 0 Å². The zero-order chi connectivity index (χ0) is 16.4. The topological polar surface area (TPSA) is 52.6 Å². The number of sulfonamides is 1. The largest absolute Gasteiger partial charge is 0.374 e. The Labute approximate surface area is 139 Å². The monoisotopic (exact) mass is 337 g/mol. The van der Waals surface area contributed by atoms with Crippen LogP contribution in [0, 0.1) is 11.8 Å². The van der Waals surface area contributed by atoms with Crippen molar-refractivity contribution in [2.75, 3.05) is 44.4 Å². The normalized spacial score (nSPS) is 30.3. The van der Waals surface area contributed by atoms with Crippen molar-refractivity contribution in [1.29, 1.82) is 0 Å². The number of piperidine rings is 3. The zero-order valence-corrected chi connectivity index (χ0v) is 14.8. The molecule has 1 aromatic carbocycles. The fourth-order valence-corrected chi connectivity index (χ4v) is 4.55. The van der Waals surface area contributed by atoms with Crippen molar-refractivity contribution >= 4 is 15.7 Å². The molecule has 0 amide bonds. The average molecular weight is 337 g/mol. The van der Waals surface area contributed by atoms with Crippen molar-refractivity contribution in [1.82, 2.24) is 9.62 Å². The van der Waals surface area contributed by atoms with E-state index in [0.29, 0.717) is 24.4 Å². The maximum absolute atomic E-state index is 11.3. The van der Waals surface area contributed by atoms with Gasteiger partial charge in [0.2, 0.25) is 10.0 Å². The molecule has 4 atom stereocenters. The molecule has 3 aliphatic heterocycles. The summed E-state index contributed by atoms with van der Waals surface area (Å²) >= 11 is 0. The molecule has 23 heavy (non-hydrogen) atoms. The smallest absolute Gasteiger partial charge is 0.208 e. The molecular weight excluding hydrogens is 310 g/mol. The summed E-state index contributed by atoms with van der Waals surface area (Å²) in [6.45, 7) is 3.80. The summed E-state index contributed by atoms with van der Waals surface area (Å²) in [6.07, 6.45) is 3.58. The molecule has 2 bridgehead atoms. The van der Waals surface area contributed by atoms with Crippen LogP contribution in [0.1, 0.15) is 12.8 Å². The van der Waals surface area contributed by atoms with Gasteiger partial charge in [-0.2, -0.15) is 0 Å². The third-order valence-electron chi connectivity index (χ3n) is 5.30. The van der Waals surface area contributed by atoms with Gasteiger partial charge in [0.25, 0.3) is 0 Å². The third kappa shape index (κ3) is 4.25. The molecule has 3 fully saturated rings. The molecule has 0 aliphatic carbocycles. The van der Waals surface area contributed by atoms with Gasteiger partial charge in [-0.3, -0.25) is 4.90 Å². The Morgan fingerprint density at radius 3 is 2.65 bits per heavy atom. The van der Waals surface area contributed by atoms with Gasteiger partial charge >= 0.3 is 0 Å². The first kappa shape index (κ1) is 16.7. The number of fused-ring (bicyclic) bond motifs is 3. The zero-order valence-electron chi connectivity index (χ0n) is 14.0. The standard InChI is InChI=1S/C17H27N3O2S/c1-19(16-6-4-3-5-7-16)12-15-13-20-9-8-14(15)10-17(20)11-18-23(2,21)22/h3-7,14-15,17-18H,8-13H2,1-2H3/t14-,15+,17+/m0/s1. The first-order chi connectivity index (χ1) is 10.9. The molecule has 0 aromatic heterocycles. The fourth-order valence-electron chi connectivity index (χ4n) is 4.06. The molecule has 0 spiro atoms. The number of hydrogen-bond donors (Lipinski definition) is 1. The van der Waals surface area contributed by atoms with Crippen LogP contribution in [0.3, 0.4) is 0 Å². The average Bonchev–Trinajstić information content (AvgIpc) is 2.54. The van der Waals surface area contributed by atoms with Crippen molar-refractivity contribution in [2.45, 2.75) is 18.9 Å². The molecule has 1 aromatic rings. The highest BCUT2D eigenvalue weighted by atomic mass is 32.2. The number of anilines is 1. The Morgan fingerprint density at radius 1 is 1.30 bits per heavy atom. The first-order valence-electron chi connectivity index (χ1n) is 8.37. The van der Waals surface area contributed by atoms with Crippen molar-refractivity contribution in [3.63, 3.8) is 0 Å². The van der Waals surface area contributed by atoms with Crippen molar-refractivity contribution in [2.24, 2.45) is 11.8 Å². The van der Waals surface area contributed by atoms with E-state index in [9.17, 15) is 8.42 Å². The molecule has 4 rings (SSSR count). The maximum atomic E-state index is 11.3. The predicted octanol–water partition coefficient (Wildman–Crippen LogP) is 1.38. The van der Waals surface area contributed by atoms with Crippen LogP contribution in [0.15, 0.2) is 30.3 Å². The molecule has 1 unspecified atom stereocenters. The lowest BCUT2D eigenvalue weighted by Gasteiger charge is -2.50. The van der Waals surface area contributed by atoms with E-state index in [1.165, 1.54) is 18.4 Å². The summed E-state index contributed by atoms with van der Waals surface area (Å²) < 4.78 is 25.3. The van der Waals surface area contributed by atoms with E-state index in [1.54, 1.807) is 0 Å². The number of benzene rings is 1. The minimum atomic E-state index is -3.09. The molecule has 0 saturated carbocycles. The van der Waals surface area contributed by atoms with Crippen LogP contribution >= 0.6 is 0 Å². The lowest BCUT2D eigenvalue weighted by atomic mass is 9.75. The minimum Gasteiger partial charge on any atom is -0.374 e. The molecule has 128 valence electrons. The van der Waals surface area contributed by atoms with E-state index in [2.05, 4.69) is 45.8 Å². The second-order valence-corrected chi connectivity index (χ2v) is 8.86. The third-order valence-corrected chi connectivity index (χ3v) is 5.99. The Hall–Kier alpha value is -1.11. The number of rotatable bonds is 6. The molecule has 3 aliphatic rings. The van der Waals surface area contributed by atoms with Gasteiger partial charge in [0.05, 0.1) is 6.26 Å². The molecule has 0 radical (unpaired) electrons. The Bertz CT molecular complexity index is 620. The van der Waals surface area contributed by atoms with Gasteiger partial charge in [0.1, 0.15) is 0 Å². The quantitative estimate of drug-likeness (QED) is 0.852. The predicted molar refractivity (Wildman–Crippen MR) is 94.1 cm³/mol. The van der Waals surface area contributed by atoms with Gasteiger partial charge in [-0.15, -0.1) is 0 Å². The van der Waals surface area contributed by atoms with Crippen LogP contribution in [0.25, 0.3) is 0 Å². The number of para-hydroxylation sites is 1. The molecule has 5 nitrogen and oxygen atoms in total. The second-order valence-electron chi connectivity index (χ2n) is 7.03. The summed E-state index contributed by atoms with van der Waals surface area (Å²) in [7, 11) is -0.931. The Morgan fingerprint density at radius 2 is 2.04 bits per heavy atom. The second kappa shape index (κ2) is 6.79. The summed E-state index contributed by atoms with van der Waals surface area (Å²) in [6, 6.07) is 10.9. The van der Waals surface area contributed by atoms with Crippen molar-refractivity contribution in [3.05, 3.63) is 30.3 Å². The Kier molecular flexibility index (Phi) is 4.94. The summed E-state index contributed by atoms with van der Waals surface area (Å²) in [4.78, 5) is 4.82. The minimum absolute atomic E-state index is 0.363. The summed E-state index contributed by atoms with van der Waals surface area (Å²) in [5.74, 6) is 1.38. The first-order valence-corrected chi connectivity index (χ1v) is 10.3.